The molecule has 0 bridgehead atoms. The SMILES string of the molecule is O=C(CBr)c1cc(-c2ccccc2)cc(-c2ccccc2)c1. The van der Waals surface area contributed by atoms with E-state index in [0.717, 1.165) is 27.8 Å². The van der Waals surface area contributed by atoms with Gasteiger partial charge in [-0.3, -0.25) is 4.79 Å². The van der Waals surface area contributed by atoms with Crippen LogP contribution >= 0.6 is 15.9 Å². The standard InChI is InChI=1S/C20H15BrO/c21-14-20(22)19-12-17(15-7-3-1-4-8-15)11-18(13-19)16-9-5-2-6-10-16/h1-13H,14H2. The number of rotatable bonds is 4. The lowest BCUT2D eigenvalue weighted by atomic mass is 9.95. The van der Waals surface area contributed by atoms with Crippen molar-refractivity contribution >= 4 is 21.7 Å². The molecule has 0 saturated carbocycles. The van der Waals surface area contributed by atoms with Gasteiger partial charge in [0.05, 0.1) is 5.33 Å². The first-order valence-corrected chi connectivity index (χ1v) is 8.25. The minimum absolute atomic E-state index is 0.0926. The lowest BCUT2D eigenvalue weighted by Gasteiger charge is -2.09. The molecule has 0 heterocycles. The second kappa shape index (κ2) is 6.71. The number of carbonyl (C=O) groups is 1. The smallest absolute Gasteiger partial charge is 0.173 e. The number of ketones is 1. The number of benzene rings is 3. The molecule has 0 amide bonds. The average Bonchev–Trinajstić information content (AvgIpc) is 2.62. The van der Waals surface area contributed by atoms with Crippen LogP contribution in [-0.2, 0) is 0 Å². The molecule has 0 saturated heterocycles. The molecule has 0 atom stereocenters. The molecule has 1 nitrogen and oxygen atoms in total. The van der Waals surface area contributed by atoms with Crippen molar-refractivity contribution in [3.8, 4) is 22.3 Å². The molecule has 0 radical (unpaired) electrons. The van der Waals surface area contributed by atoms with Gasteiger partial charge in [0, 0.05) is 5.56 Å². The van der Waals surface area contributed by atoms with Crippen LogP contribution in [0.25, 0.3) is 22.3 Å². The van der Waals surface area contributed by atoms with E-state index in [4.69, 9.17) is 0 Å². The number of hydrogen-bond donors (Lipinski definition) is 0. The van der Waals surface area contributed by atoms with Gasteiger partial charge in [-0.1, -0.05) is 76.6 Å². The first kappa shape index (κ1) is 14.7. The lowest BCUT2D eigenvalue weighted by Crippen LogP contribution is -2.00. The number of Topliss-reactive ketones (excluding diaryl/α,β-unsaturated/α-hetero) is 1. The van der Waals surface area contributed by atoms with E-state index in [1.54, 1.807) is 0 Å². The molecule has 0 N–H and O–H groups in total. The Morgan fingerprint density at radius 3 is 1.55 bits per heavy atom. The molecular weight excluding hydrogens is 336 g/mol. The number of halogens is 1. The Kier molecular flexibility index (Phi) is 4.50. The van der Waals surface area contributed by atoms with Gasteiger partial charge in [-0.2, -0.15) is 0 Å². The number of alkyl halides is 1. The molecule has 108 valence electrons. The van der Waals surface area contributed by atoms with Crippen LogP contribution in [0.4, 0.5) is 0 Å². The van der Waals surface area contributed by atoms with Gasteiger partial charge in [0.25, 0.3) is 0 Å². The molecule has 3 aromatic carbocycles. The molecule has 0 aliphatic rings. The quantitative estimate of drug-likeness (QED) is 0.442. The summed E-state index contributed by atoms with van der Waals surface area (Å²) in [6.45, 7) is 0. The number of carbonyl (C=O) groups excluding carboxylic acids is 1. The summed E-state index contributed by atoms with van der Waals surface area (Å²) >= 11 is 3.26. The highest BCUT2D eigenvalue weighted by Gasteiger charge is 2.10. The fourth-order valence-corrected chi connectivity index (χ4v) is 2.78. The molecule has 0 aliphatic carbocycles. The fraction of sp³-hybridized carbons (Fsp3) is 0.0500. The maximum Gasteiger partial charge on any atom is 0.173 e. The largest absolute Gasteiger partial charge is 0.293 e. The molecule has 0 aromatic heterocycles. The van der Waals surface area contributed by atoms with Crippen molar-refractivity contribution in [3.63, 3.8) is 0 Å². The minimum atomic E-state index is 0.0926. The Bertz CT molecular complexity index is 722. The van der Waals surface area contributed by atoms with Crippen LogP contribution in [0.15, 0.2) is 78.9 Å². The summed E-state index contributed by atoms with van der Waals surface area (Å²) in [4.78, 5) is 12.1. The second-order valence-corrected chi connectivity index (χ2v) is 5.65. The van der Waals surface area contributed by atoms with Gasteiger partial charge in [-0.05, 0) is 40.5 Å². The first-order chi connectivity index (χ1) is 10.8. The Morgan fingerprint density at radius 2 is 1.14 bits per heavy atom. The average molecular weight is 351 g/mol. The summed E-state index contributed by atoms with van der Waals surface area (Å²) in [6.07, 6.45) is 0. The monoisotopic (exact) mass is 350 g/mol. The normalized spacial score (nSPS) is 10.4. The minimum Gasteiger partial charge on any atom is -0.293 e. The molecule has 0 fully saturated rings. The van der Waals surface area contributed by atoms with Crippen LogP contribution in [-0.4, -0.2) is 11.1 Å². The molecule has 0 aliphatic heterocycles. The third-order valence-electron chi connectivity index (χ3n) is 3.59. The van der Waals surface area contributed by atoms with Gasteiger partial charge in [0.1, 0.15) is 0 Å². The zero-order valence-electron chi connectivity index (χ0n) is 12.0. The first-order valence-electron chi connectivity index (χ1n) is 7.13. The van der Waals surface area contributed by atoms with Crippen molar-refractivity contribution in [2.45, 2.75) is 0 Å². The van der Waals surface area contributed by atoms with Crippen LogP contribution in [0.2, 0.25) is 0 Å². The van der Waals surface area contributed by atoms with Crippen molar-refractivity contribution in [1.82, 2.24) is 0 Å². The lowest BCUT2D eigenvalue weighted by molar-refractivity contribution is 0.102. The topological polar surface area (TPSA) is 17.1 Å². The summed E-state index contributed by atoms with van der Waals surface area (Å²) in [5.41, 5.74) is 5.09. The van der Waals surface area contributed by atoms with Crippen LogP contribution < -0.4 is 0 Å². The molecular formula is C20H15BrO. The van der Waals surface area contributed by atoms with E-state index in [-0.39, 0.29) is 5.78 Å². The highest BCUT2D eigenvalue weighted by Crippen LogP contribution is 2.28. The van der Waals surface area contributed by atoms with Crippen molar-refractivity contribution in [2.75, 3.05) is 5.33 Å². The second-order valence-electron chi connectivity index (χ2n) is 5.09. The van der Waals surface area contributed by atoms with E-state index in [2.05, 4.69) is 46.3 Å². The van der Waals surface area contributed by atoms with Gasteiger partial charge >= 0.3 is 0 Å². The van der Waals surface area contributed by atoms with E-state index in [1.165, 1.54) is 0 Å². The summed E-state index contributed by atoms with van der Waals surface area (Å²) in [7, 11) is 0. The van der Waals surface area contributed by atoms with Crippen molar-refractivity contribution in [3.05, 3.63) is 84.4 Å². The third-order valence-corrected chi connectivity index (χ3v) is 4.10. The van der Waals surface area contributed by atoms with E-state index in [0.29, 0.717) is 5.33 Å². The highest BCUT2D eigenvalue weighted by atomic mass is 79.9. The zero-order valence-corrected chi connectivity index (χ0v) is 13.6. The Labute approximate surface area is 138 Å². The summed E-state index contributed by atoms with van der Waals surface area (Å²) < 4.78 is 0. The Balaban J connectivity index is 2.17. The van der Waals surface area contributed by atoms with Gasteiger partial charge in [0.2, 0.25) is 0 Å². The molecule has 22 heavy (non-hydrogen) atoms. The van der Waals surface area contributed by atoms with E-state index >= 15 is 0 Å². The third kappa shape index (κ3) is 3.18. The fourth-order valence-electron chi connectivity index (χ4n) is 2.46. The molecule has 0 unspecified atom stereocenters. The van der Waals surface area contributed by atoms with E-state index < -0.39 is 0 Å². The van der Waals surface area contributed by atoms with Gasteiger partial charge in [-0.15, -0.1) is 0 Å². The van der Waals surface area contributed by atoms with Crippen molar-refractivity contribution in [2.24, 2.45) is 0 Å². The van der Waals surface area contributed by atoms with Crippen LogP contribution in [0, 0.1) is 0 Å². The van der Waals surface area contributed by atoms with Gasteiger partial charge < -0.3 is 0 Å². The van der Waals surface area contributed by atoms with Crippen LogP contribution in [0.3, 0.4) is 0 Å². The predicted octanol–water partition coefficient (Wildman–Crippen LogP) is 5.60. The number of hydrogen-bond acceptors (Lipinski definition) is 1. The highest BCUT2D eigenvalue weighted by molar-refractivity contribution is 9.09. The van der Waals surface area contributed by atoms with Gasteiger partial charge in [0.15, 0.2) is 5.78 Å². The summed E-state index contributed by atoms with van der Waals surface area (Å²) in [6, 6.07) is 26.3. The van der Waals surface area contributed by atoms with Crippen LogP contribution in [0.1, 0.15) is 10.4 Å². The van der Waals surface area contributed by atoms with Crippen molar-refractivity contribution in [1.29, 1.82) is 0 Å². The Hall–Kier alpha value is -2.19. The van der Waals surface area contributed by atoms with E-state index in [1.807, 2.05) is 48.5 Å². The maximum atomic E-state index is 12.1. The van der Waals surface area contributed by atoms with Crippen molar-refractivity contribution < 1.29 is 4.79 Å². The molecule has 3 aromatic rings. The molecule has 0 spiro atoms. The maximum absolute atomic E-state index is 12.1. The Morgan fingerprint density at radius 1 is 0.682 bits per heavy atom. The summed E-state index contributed by atoms with van der Waals surface area (Å²) in [5, 5.41) is 0.333. The molecule has 2 heteroatoms. The van der Waals surface area contributed by atoms with E-state index in [9.17, 15) is 4.79 Å². The molecule has 3 rings (SSSR count). The van der Waals surface area contributed by atoms with Crippen LogP contribution in [0.5, 0.6) is 0 Å². The summed E-state index contributed by atoms with van der Waals surface area (Å²) in [5.74, 6) is 0.0926. The van der Waals surface area contributed by atoms with Gasteiger partial charge in [-0.25, -0.2) is 0 Å². The predicted molar refractivity (Wildman–Crippen MR) is 95.4 cm³/mol. The zero-order chi connectivity index (χ0) is 15.4.